The van der Waals surface area contributed by atoms with Crippen LogP contribution in [-0.4, -0.2) is 5.11 Å². The molecule has 0 aromatic heterocycles. The van der Waals surface area contributed by atoms with Gasteiger partial charge in [-0.25, -0.2) is 0 Å². The molecule has 0 spiro atoms. The Balaban J connectivity index is 2.53. The monoisotopic (exact) mass is 174 g/mol. The third-order valence-corrected chi connectivity index (χ3v) is 1.82. The minimum atomic E-state index is -0.405. The van der Waals surface area contributed by atoms with Gasteiger partial charge in [-0.15, -0.1) is 0 Å². The van der Waals surface area contributed by atoms with Gasteiger partial charge in [0, 0.05) is 0 Å². The highest BCUT2D eigenvalue weighted by Crippen LogP contribution is 2.15. The van der Waals surface area contributed by atoms with Crippen LogP contribution in [0.3, 0.4) is 0 Å². The fourth-order valence-corrected chi connectivity index (χ4v) is 1.11. The highest BCUT2D eigenvalue weighted by molar-refractivity contribution is 5.18. The second-order valence-corrected chi connectivity index (χ2v) is 2.83. The van der Waals surface area contributed by atoms with E-state index in [1.807, 2.05) is 42.5 Å². The average molecular weight is 174 g/mol. The molecular weight excluding hydrogens is 160 g/mol. The van der Waals surface area contributed by atoms with Crippen LogP contribution in [-0.2, 0) is 0 Å². The largest absolute Gasteiger partial charge is 0.388 e. The van der Waals surface area contributed by atoms with Gasteiger partial charge in [0.25, 0.3) is 0 Å². The van der Waals surface area contributed by atoms with E-state index < -0.39 is 6.10 Å². The Morgan fingerprint density at radius 3 is 2.62 bits per heavy atom. The van der Waals surface area contributed by atoms with Gasteiger partial charge in [0.05, 0.1) is 6.10 Å². The molecule has 0 unspecified atom stereocenters. The van der Waals surface area contributed by atoms with Crippen LogP contribution in [0.15, 0.2) is 55.1 Å². The van der Waals surface area contributed by atoms with E-state index in [-0.39, 0.29) is 0 Å². The maximum Gasteiger partial charge on any atom is 0.0824 e. The van der Waals surface area contributed by atoms with Crippen molar-refractivity contribution in [2.45, 2.75) is 12.5 Å². The third-order valence-electron chi connectivity index (χ3n) is 1.82. The van der Waals surface area contributed by atoms with Gasteiger partial charge in [0.2, 0.25) is 0 Å². The quantitative estimate of drug-likeness (QED) is 0.696. The Hall–Kier alpha value is -1.34. The summed E-state index contributed by atoms with van der Waals surface area (Å²) in [6, 6.07) is 9.64. The molecule has 1 nitrogen and oxygen atoms in total. The summed E-state index contributed by atoms with van der Waals surface area (Å²) in [5.41, 5.74) is 0.955. The molecule has 1 aromatic rings. The van der Waals surface area contributed by atoms with Crippen LogP contribution >= 0.6 is 0 Å². The number of rotatable bonds is 4. The number of benzene rings is 1. The van der Waals surface area contributed by atoms with Crippen molar-refractivity contribution in [3.05, 3.63) is 60.7 Å². The van der Waals surface area contributed by atoms with Crippen LogP contribution < -0.4 is 0 Å². The second-order valence-electron chi connectivity index (χ2n) is 2.83. The van der Waals surface area contributed by atoms with Crippen LogP contribution in [0.5, 0.6) is 0 Å². The van der Waals surface area contributed by atoms with Gasteiger partial charge in [0.15, 0.2) is 0 Å². The van der Waals surface area contributed by atoms with Crippen molar-refractivity contribution in [1.82, 2.24) is 0 Å². The van der Waals surface area contributed by atoms with Gasteiger partial charge >= 0.3 is 0 Å². The van der Waals surface area contributed by atoms with E-state index in [9.17, 15) is 5.11 Å². The predicted octanol–water partition coefficient (Wildman–Crippen LogP) is 2.85. The van der Waals surface area contributed by atoms with E-state index in [1.54, 1.807) is 6.08 Å². The first-order chi connectivity index (χ1) is 6.34. The zero-order chi connectivity index (χ0) is 9.52. The lowest BCUT2D eigenvalue weighted by molar-refractivity contribution is 0.181. The highest BCUT2D eigenvalue weighted by atomic mass is 16.3. The Kier molecular flexibility index (Phi) is 4.00. The van der Waals surface area contributed by atoms with Gasteiger partial charge in [-0.05, 0) is 12.0 Å². The van der Waals surface area contributed by atoms with Crippen molar-refractivity contribution < 1.29 is 5.11 Å². The molecule has 0 aliphatic heterocycles. The maximum atomic E-state index is 9.66. The maximum absolute atomic E-state index is 9.66. The number of aliphatic hydroxyl groups is 1. The van der Waals surface area contributed by atoms with Crippen LogP contribution in [0, 0.1) is 0 Å². The standard InChI is InChI=1S/C12H14O/c1-2-3-5-10-12(13)11-8-6-4-7-9-11/h2-9,12-13H,1,10H2/b5-3-/t12-/m1/s1. The summed E-state index contributed by atoms with van der Waals surface area (Å²) >= 11 is 0. The molecule has 0 aliphatic rings. The normalized spacial score (nSPS) is 13.0. The zero-order valence-electron chi connectivity index (χ0n) is 7.56. The Labute approximate surface area is 79.0 Å². The van der Waals surface area contributed by atoms with Gasteiger partial charge in [-0.1, -0.05) is 55.1 Å². The molecule has 0 heterocycles. The van der Waals surface area contributed by atoms with Gasteiger partial charge in [-0.2, -0.15) is 0 Å². The number of hydrogen-bond acceptors (Lipinski definition) is 1. The first-order valence-electron chi connectivity index (χ1n) is 4.35. The fourth-order valence-electron chi connectivity index (χ4n) is 1.11. The minimum Gasteiger partial charge on any atom is -0.388 e. The second kappa shape index (κ2) is 5.33. The van der Waals surface area contributed by atoms with Crippen molar-refractivity contribution in [3.63, 3.8) is 0 Å². The molecular formula is C12H14O. The van der Waals surface area contributed by atoms with Gasteiger partial charge in [-0.3, -0.25) is 0 Å². The fraction of sp³-hybridized carbons (Fsp3) is 0.167. The molecule has 0 saturated carbocycles. The number of aliphatic hydroxyl groups excluding tert-OH is 1. The summed E-state index contributed by atoms with van der Waals surface area (Å²) in [6.07, 6.45) is 5.68. The van der Waals surface area contributed by atoms with E-state index in [1.165, 1.54) is 0 Å². The van der Waals surface area contributed by atoms with E-state index in [0.29, 0.717) is 6.42 Å². The molecule has 0 radical (unpaired) electrons. The highest BCUT2D eigenvalue weighted by Gasteiger charge is 2.02. The predicted molar refractivity (Wildman–Crippen MR) is 55.4 cm³/mol. The molecule has 1 aromatic carbocycles. The van der Waals surface area contributed by atoms with Crippen LogP contribution in [0.1, 0.15) is 18.1 Å². The van der Waals surface area contributed by atoms with Gasteiger partial charge < -0.3 is 5.11 Å². The average Bonchev–Trinajstić information content (AvgIpc) is 2.19. The molecule has 0 fully saturated rings. The summed E-state index contributed by atoms with van der Waals surface area (Å²) in [5, 5.41) is 9.66. The molecule has 13 heavy (non-hydrogen) atoms. The molecule has 0 saturated heterocycles. The Morgan fingerprint density at radius 1 is 1.31 bits per heavy atom. The van der Waals surface area contributed by atoms with E-state index >= 15 is 0 Å². The summed E-state index contributed by atoms with van der Waals surface area (Å²) in [4.78, 5) is 0. The number of allylic oxidation sites excluding steroid dienone is 2. The van der Waals surface area contributed by atoms with Crippen molar-refractivity contribution >= 4 is 0 Å². The molecule has 1 heteroatoms. The topological polar surface area (TPSA) is 20.2 Å². The molecule has 0 bridgehead atoms. The lowest BCUT2D eigenvalue weighted by atomic mass is 10.1. The van der Waals surface area contributed by atoms with Crippen molar-refractivity contribution in [2.24, 2.45) is 0 Å². The Bertz CT molecular complexity index is 274. The van der Waals surface area contributed by atoms with Crippen LogP contribution in [0.25, 0.3) is 0 Å². The minimum absolute atomic E-state index is 0.405. The van der Waals surface area contributed by atoms with E-state index in [0.717, 1.165) is 5.56 Å². The molecule has 1 rings (SSSR count). The first kappa shape index (κ1) is 9.75. The lowest BCUT2D eigenvalue weighted by Crippen LogP contribution is -1.94. The van der Waals surface area contributed by atoms with Crippen LogP contribution in [0.4, 0.5) is 0 Å². The summed E-state index contributed by atoms with van der Waals surface area (Å²) < 4.78 is 0. The molecule has 1 N–H and O–H groups in total. The molecule has 0 aliphatic carbocycles. The SMILES string of the molecule is C=C/C=C\C[C@@H](O)c1ccccc1. The van der Waals surface area contributed by atoms with Crippen LogP contribution in [0.2, 0.25) is 0 Å². The van der Waals surface area contributed by atoms with Crippen molar-refractivity contribution in [1.29, 1.82) is 0 Å². The van der Waals surface area contributed by atoms with Crippen molar-refractivity contribution in [3.8, 4) is 0 Å². The lowest BCUT2D eigenvalue weighted by Gasteiger charge is -2.06. The van der Waals surface area contributed by atoms with E-state index in [2.05, 4.69) is 6.58 Å². The zero-order valence-corrected chi connectivity index (χ0v) is 7.56. The summed E-state index contributed by atoms with van der Waals surface area (Å²) in [5.74, 6) is 0. The smallest absolute Gasteiger partial charge is 0.0824 e. The Morgan fingerprint density at radius 2 is 2.00 bits per heavy atom. The molecule has 0 amide bonds. The van der Waals surface area contributed by atoms with E-state index in [4.69, 9.17) is 0 Å². The molecule has 1 atom stereocenters. The summed E-state index contributed by atoms with van der Waals surface area (Å²) in [7, 11) is 0. The number of hydrogen-bond donors (Lipinski definition) is 1. The molecule has 68 valence electrons. The van der Waals surface area contributed by atoms with Crippen molar-refractivity contribution in [2.75, 3.05) is 0 Å². The van der Waals surface area contributed by atoms with Gasteiger partial charge in [0.1, 0.15) is 0 Å². The first-order valence-corrected chi connectivity index (χ1v) is 4.35. The summed E-state index contributed by atoms with van der Waals surface area (Å²) in [6.45, 7) is 3.56. The third kappa shape index (κ3) is 3.26.